The van der Waals surface area contributed by atoms with E-state index in [1.54, 1.807) is 12.1 Å². The van der Waals surface area contributed by atoms with E-state index >= 15 is 0 Å². The van der Waals surface area contributed by atoms with Crippen molar-refractivity contribution in [1.82, 2.24) is 0 Å². The molecule has 20 heavy (non-hydrogen) atoms. The molecule has 0 saturated heterocycles. The number of benzene rings is 2. The van der Waals surface area contributed by atoms with Crippen LogP contribution in [0.15, 0.2) is 48.5 Å². The molecular formula is C17H19ClFN. The molecule has 3 heteroatoms. The smallest absolute Gasteiger partial charge is 0.146 e. The number of anilines is 1. The number of nitrogens with one attached hydrogen (secondary N) is 1. The number of hydrogen-bond acceptors (Lipinski definition) is 1. The van der Waals surface area contributed by atoms with E-state index in [9.17, 15) is 4.39 Å². The highest BCUT2D eigenvalue weighted by atomic mass is 35.5. The summed E-state index contributed by atoms with van der Waals surface area (Å²) in [7, 11) is 0. The monoisotopic (exact) mass is 291 g/mol. The van der Waals surface area contributed by atoms with Crippen LogP contribution in [0.2, 0.25) is 5.02 Å². The van der Waals surface area contributed by atoms with E-state index in [2.05, 4.69) is 24.4 Å². The Hall–Kier alpha value is -1.54. The number of rotatable bonds is 6. The second-order valence-electron chi connectivity index (χ2n) is 4.87. The van der Waals surface area contributed by atoms with Gasteiger partial charge in [0.25, 0.3) is 0 Å². The summed E-state index contributed by atoms with van der Waals surface area (Å²) in [4.78, 5) is 0. The van der Waals surface area contributed by atoms with Gasteiger partial charge in [0.05, 0.1) is 11.7 Å². The largest absolute Gasteiger partial charge is 0.376 e. The highest BCUT2D eigenvalue weighted by Crippen LogP contribution is 2.27. The van der Waals surface area contributed by atoms with Gasteiger partial charge in [-0.15, -0.1) is 0 Å². The van der Waals surface area contributed by atoms with Gasteiger partial charge in [-0.2, -0.15) is 0 Å². The zero-order chi connectivity index (χ0) is 14.4. The maximum Gasteiger partial charge on any atom is 0.146 e. The lowest BCUT2D eigenvalue weighted by Gasteiger charge is -2.21. The molecule has 0 saturated carbocycles. The minimum Gasteiger partial charge on any atom is -0.376 e. The van der Waals surface area contributed by atoms with Gasteiger partial charge >= 0.3 is 0 Å². The molecular weight excluding hydrogens is 273 g/mol. The molecule has 1 N–H and O–H groups in total. The molecule has 1 unspecified atom stereocenters. The Bertz CT molecular complexity index is 542. The maximum absolute atomic E-state index is 13.8. The fourth-order valence-electron chi connectivity index (χ4n) is 2.21. The van der Waals surface area contributed by atoms with Gasteiger partial charge in [0, 0.05) is 5.02 Å². The van der Waals surface area contributed by atoms with E-state index in [4.69, 9.17) is 11.6 Å². The van der Waals surface area contributed by atoms with Gasteiger partial charge in [0.1, 0.15) is 5.82 Å². The first-order valence-electron chi connectivity index (χ1n) is 6.97. The van der Waals surface area contributed by atoms with Gasteiger partial charge in [0.15, 0.2) is 0 Å². The van der Waals surface area contributed by atoms with Gasteiger partial charge in [0.2, 0.25) is 0 Å². The molecule has 106 valence electrons. The molecule has 0 bridgehead atoms. The van der Waals surface area contributed by atoms with E-state index in [0.717, 1.165) is 19.3 Å². The van der Waals surface area contributed by atoms with Gasteiger partial charge in [-0.25, -0.2) is 4.39 Å². The molecule has 1 nitrogen and oxygen atoms in total. The standard InChI is InChI=1S/C17H19ClFN/c1-2-3-9-16(13-7-5-4-6-8-13)20-17-12-14(18)10-11-15(17)19/h4-8,10-12,16,20H,2-3,9H2,1H3. The first kappa shape index (κ1) is 14.9. The Balaban J connectivity index is 2.21. The van der Waals surface area contributed by atoms with Crippen molar-refractivity contribution < 1.29 is 4.39 Å². The van der Waals surface area contributed by atoms with Gasteiger partial charge in [-0.3, -0.25) is 0 Å². The van der Waals surface area contributed by atoms with Crippen LogP contribution in [-0.4, -0.2) is 0 Å². The normalized spacial score (nSPS) is 12.2. The predicted molar refractivity (Wildman–Crippen MR) is 83.7 cm³/mol. The summed E-state index contributed by atoms with van der Waals surface area (Å²) in [6, 6.07) is 14.8. The minimum absolute atomic E-state index is 0.101. The van der Waals surface area contributed by atoms with E-state index in [1.807, 2.05) is 18.2 Å². The molecule has 0 radical (unpaired) electrons. The number of halogens is 2. The molecule has 0 aromatic heterocycles. The second kappa shape index (κ2) is 7.30. The third-order valence-electron chi connectivity index (χ3n) is 3.31. The Morgan fingerprint density at radius 1 is 1.15 bits per heavy atom. The van der Waals surface area contributed by atoms with Crippen LogP contribution >= 0.6 is 11.6 Å². The maximum atomic E-state index is 13.8. The Morgan fingerprint density at radius 2 is 1.90 bits per heavy atom. The van der Waals surface area contributed by atoms with Gasteiger partial charge in [-0.05, 0) is 30.2 Å². The lowest BCUT2D eigenvalue weighted by molar-refractivity contribution is 0.607. The van der Waals surface area contributed by atoms with E-state index in [0.29, 0.717) is 10.7 Å². The fourth-order valence-corrected chi connectivity index (χ4v) is 2.38. The van der Waals surface area contributed by atoms with Crippen molar-refractivity contribution in [3.63, 3.8) is 0 Å². The molecule has 0 aliphatic carbocycles. The van der Waals surface area contributed by atoms with Crippen molar-refractivity contribution in [2.24, 2.45) is 0 Å². The predicted octanol–water partition coefficient (Wildman–Crippen LogP) is 5.82. The third-order valence-corrected chi connectivity index (χ3v) is 3.54. The van der Waals surface area contributed by atoms with Crippen LogP contribution in [0.25, 0.3) is 0 Å². The SMILES string of the molecule is CCCCC(Nc1cc(Cl)ccc1F)c1ccccc1. The van der Waals surface area contributed by atoms with E-state index in [1.165, 1.54) is 11.6 Å². The highest BCUT2D eigenvalue weighted by Gasteiger charge is 2.13. The summed E-state index contributed by atoms with van der Waals surface area (Å²) >= 11 is 5.94. The third kappa shape index (κ3) is 3.97. The quantitative estimate of drug-likeness (QED) is 0.707. The molecule has 0 fully saturated rings. The summed E-state index contributed by atoms with van der Waals surface area (Å²) in [5.41, 5.74) is 1.63. The first-order chi connectivity index (χ1) is 9.70. The molecule has 0 spiro atoms. The van der Waals surface area contributed by atoms with Crippen molar-refractivity contribution in [2.45, 2.75) is 32.2 Å². The van der Waals surface area contributed by atoms with Crippen LogP contribution < -0.4 is 5.32 Å². The Morgan fingerprint density at radius 3 is 2.60 bits per heavy atom. The van der Waals surface area contributed by atoms with Crippen molar-refractivity contribution in [1.29, 1.82) is 0 Å². The Kier molecular flexibility index (Phi) is 5.42. The Labute approximate surface area is 124 Å². The van der Waals surface area contributed by atoms with Crippen LogP contribution in [0.3, 0.4) is 0 Å². The summed E-state index contributed by atoms with van der Waals surface area (Å²) in [5.74, 6) is -0.271. The van der Waals surface area contributed by atoms with Crippen molar-refractivity contribution in [2.75, 3.05) is 5.32 Å². The van der Waals surface area contributed by atoms with E-state index < -0.39 is 0 Å². The van der Waals surface area contributed by atoms with Crippen LogP contribution in [0.4, 0.5) is 10.1 Å². The lowest BCUT2D eigenvalue weighted by Crippen LogP contribution is -2.11. The fraction of sp³-hybridized carbons (Fsp3) is 0.294. The summed E-state index contributed by atoms with van der Waals surface area (Å²) in [5, 5.41) is 3.82. The second-order valence-corrected chi connectivity index (χ2v) is 5.31. The minimum atomic E-state index is -0.271. The van der Waals surface area contributed by atoms with Crippen molar-refractivity contribution in [3.8, 4) is 0 Å². The number of unbranched alkanes of at least 4 members (excludes halogenated alkanes) is 1. The van der Waals surface area contributed by atoms with Gasteiger partial charge < -0.3 is 5.32 Å². The molecule has 0 aliphatic heterocycles. The van der Waals surface area contributed by atoms with Gasteiger partial charge in [-0.1, -0.05) is 61.7 Å². The average Bonchev–Trinajstić information content (AvgIpc) is 2.48. The summed E-state index contributed by atoms with van der Waals surface area (Å²) in [6.45, 7) is 2.15. The molecule has 0 aliphatic rings. The zero-order valence-corrected chi connectivity index (χ0v) is 12.3. The molecule has 2 rings (SSSR count). The van der Waals surface area contributed by atoms with Crippen molar-refractivity contribution >= 4 is 17.3 Å². The molecule has 0 amide bonds. The topological polar surface area (TPSA) is 12.0 Å². The lowest BCUT2D eigenvalue weighted by atomic mass is 10.0. The first-order valence-corrected chi connectivity index (χ1v) is 7.35. The molecule has 1 atom stereocenters. The molecule has 2 aromatic rings. The molecule has 2 aromatic carbocycles. The zero-order valence-electron chi connectivity index (χ0n) is 11.6. The van der Waals surface area contributed by atoms with Crippen LogP contribution in [0.5, 0.6) is 0 Å². The number of hydrogen-bond donors (Lipinski definition) is 1. The molecule has 0 heterocycles. The van der Waals surface area contributed by atoms with Crippen molar-refractivity contribution in [3.05, 3.63) is 64.9 Å². The van der Waals surface area contributed by atoms with E-state index in [-0.39, 0.29) is 11.9 Å². The highest BCUT2D eigenvalue weighted by molar-refractivity contribution is 6.30. The summed E-state index contributed by atoms with van der Waals surface area (Å²) < 4.78 is 13.8. The van der Waals surface area contributed by atoms with Crippen LogP contribution in [0, 0.1) is 5.82 Å². The van der Waals surface area contributed by atoms with Crippen LogP contribution in [-0.2, 0) is 0 Å². The summed E-state index contributed by atoms with van der Waals surface area (Å²) in [6.07, 6.45) is 3.17. The van der Waals surface area contributed by atoms with Crippen LogP contribution in [0.1, 0.15) is 37.8 Å². The average molecular weight is 292 g/mol.